The van der Waals surface area contributed by atoms with E-state index in [9.17, 15) is 13.2 Å². The predicted molar refractivity (Wildman–Crippen MR) is 53.7 cm³/mol. The number of hydrogen-bond donors (Lipinski definition) is 0. The zero-order valence-electron chi connectivity index (χ0n) is 8.80. The highest BCUT2D eigenvalue weighted by atomic mass is 19.3. The molecule has 1 aromatic rings. The highest BCUT2D eigenvalue weighted by molar-refractivity contribution is 5.07. The maximum absolute atomic E-state index is 13.3. The van der Waals surface area contributed by atoms with Crippen LogP contribution in [0.2, 0.25) is 0 Å². The molecule has 0 aromatic carbocycles. The molecule has 0 bridgehead atoms. The van der Waals surface area contributed by atoms with Gasteiger partial charge in [-0.15, -0.1) is 0 Å². The molecule has 2 heterocycles. The van der Waals surface area contributed by atoms with Gasteiger partial charge in [0.2, 0.25) is 0 Å². The van der Waals surface area contributed by atoms with E-state index >= 15 is 0 Å². The molecule has 1 aliphatic rings. The second-order valence-electron chi connectivity index (χ2n) is 4.06. The van der Waals surface area contributed by atoms with Gasteiger partial charge in [-0.05, 0) is 12.1 Å². The van der Waals surface area contributed by atoms with Crippen LogP contribution in [0.4, 0.5) is 13.2 Å². The number of aromatic nitrogens is 1. The number of pyridine rings is 1. The van der Waals surface area contributed by atoms with Crippen molar-refractivity contribution in [2.24, 2.45) is 0 Å². The third-order valence-electron chi connectivity index (χ3n) is 2.80. The Kier molecular flexibility index (Phi) is 3.14. The van der Waals surface area contributed by atoms with Crippen molar-refractivity contribution < 1.29 is 13.2 Å². The molecule has 0 saturated carbocycles. The number of halogens is 3. The van der Waals surface area contributed by atoms with E-state index < -0.39 is 5.92 Å². The largest absolute Gasteiger partial charge is 0.297 e. The Morgan fingerprint density at radius 2 is 2.00 bits per heavy atom. The number of alkyl halides is 2. The van der Waals surface area contributed by atoms with Crippen LogP contribution in [0.1, 0.15) is 18.5 Å². The number of nitrogens with zero attached hydrogens (tertiary/aromatic N) is 2. The van der Waals surface area contributed by atoms with Gasteiger partial charge in [0.15, 0.2) is 0 Å². The van der Waals surface area contributed by atoms with Crippen molar-refractivity contribution in [1.29, 1.82) is 0 Å². The molecule has 88 valence electrons. The van der Waals surface area contributed by atoms with Crippen molar-refractivity contribution >= 4 is 0 Å². The molecular weight excluding hydrogens is 217 g/mol. The molecule has 1 aromatic heterocycles. The highest BCUT2D eigenvalue weighted by Crippen LogP contribution is 2.28. The normalized spacial score (nSPS) is 20.9. The quantitative estimate of drug-likeness (QED) is 0.775. The van der Waals surface area contributed by atoms with Crippen LogP contribution in [-0.4, -0.2) is 28.9 Å². The van der Waals surface area contributed by atoms with Gasteiger partial charge in [0, 0.05) is 38.7 Å². The van der Waals surface area contributed by atoms with Gasteiger partial charge in [-0.3, -0.25) is 9.88 Å². The van der Waals surface area contributed by atoms with Crippen molar-refractivity contribution in [2.75, 3.05) is 13.1 Å². The van der Waals surface area contributed by atoms with Gasteiger partial charge in [-0.25, -0.2) is 13.2 Å². The second kappa shape index (κ2) is 4.41. The minimum Gasteiger partial charge on any atom is -0.297 e. The second-order valence-corrected chi connectivity index (χ2v) is 4.06. The molecule has 0 unspecified atom stereocenters. The van der Waals surface area contributed by atoms with E-state index in [1.54, 1.807) is 0 Å². The van der Waals surface area contributed by atoms with Gasteiger partial charge >= 0.3 is 0 Å². The molecule has 2 nitrogen and oxygen atoms in total. The lowest BCUT2D eigenvalue weighted by atomic mass is 10.1. The number of rotatable bonds is 2. The summed E-state index contributed by atoms with van der Waals surface area (Å²) in [5.41, 5.74) is 0.327. The topological polar surface area (TPSA) is 16.1 Å². The van der Waals surface area contributed by atoms with Crippen molar-refractivity contribution in [3.63, 3.8) is 0 Å². The first-order valence-electron chi connectivity index (χ1n) is 5.26. The summed E-state index contributed by atoms with van der Waals surface area (Å²) in [5, 5.41) is 0. The molecule has 0 amide bonds. The van der Waals surface area contributed by atoms with Crippen LogP contribution in [0, 0.1) is 5.82 Å². The first-order chi connectivity index (χ1) is 7.57. The Bertz CT molecular complexity index is 358. The Morgan fingerprint density at radius 3 is 2.62 bits per heavy atom. The summed E-state index contributed by atoms with van der Waals surface area (Å²) >= 11 is 0. The van der Waals surface area contributed by atoms with Gasteiger partial charge in [0.25, 0.3) is 5.92 Å². The van der Waals surface area contributed by atoms with E-state index in [1.807, 2.05) is 4.90 Å². The zero-order chi connectivity index (χ0) is 11.6. The summed E-state index contributed by atoms with van der Waals surface area (Å²) in [6.45, 7) is 0.898. The van der Waals surface area contributed by atoms with Crippen molar-refractivity contribution in [3.8, 4) is 0 Å². The van der Waals surface area contributed by atoms with E-state index in [-0.39, 0.29) is 18.7 Å². The Balaban J connectivity index is 1.95. The van der Waals surface area contributed by atoms with E-state index in [1.165, 1.54) is 18.3 Å². The average molecular weight is 230 g/mol. The molecule has 0 atom stereocenters. The molecule has 0 N–H and O–H groups in total. The SMILES string of the molecule is Fc1cccnc1CN1CCC(F)(F)CC1. The van der Waals surface area contributed by atoms with Crippen LogP contribution in [0.3, 0.4) is 0 Å². The lowest BCUT2D eigenvalue weighted by Gasteiger charge is -2.31. The molecule has 2 rings (SSSR count). The minimum atomic E-state index is -2.56. The fraction of sp³-hybridized carbons (Fsp3) is 0.545. The molecule has 1 aliphatic heterocycles. The summed E-state index contributed by atoms with van der Waals surface area (Å²) in [4.78, 5) is 5.71. The summed E-state index contributed by atoms with van der Waals surface area (Å²) in [6, 6.07) is 2.85. The van der Waals surface area contributed by atoms with Gasteiger partial charge in [0.1, 0.15) is 5.82 Å². The number of piperidine rings is 1. The van der Waals surface area contributed by atoms with Crippen molar-refractivity contribution in [3.05, 3.63) is 29.8 Å². The molecule has 0 aliphatic carbocycles. The van der Waals surface area contributed by atoms with Gasteiger partial charge < -0.3 is 0 Å². The third kappa shape index (κ3) is 2.72. The van der Waals surface area contributed by atoms with E-state index in [0.29, 0.717) is 25.3 Å². The van der Waals surface area contributed by atoms with Crippen LogP contribution in [0.5, 0.6) is 0 Å². The standard InChI is InChI=1S/C11H13F3N2/c12-9-2-1-5-15-10(9)8-16-6-3-11(13,14)4-7-16/h1-2,5H,3-4,6-8H2. The van der Waals surface area contributed by atoms with Crippen LogP contribution < -0.4 is 0 Å². The number of likely N-dealkylation sites (tertiary alicyclic amines) is 1. The Hall–Kier alpha value is -1.10. The average Bonchev–Trinajstić information content (AvgIpc) is 2.24. The summed E-state index contributed by atoms with van der Waals surface area (Å²) in [5.74, 6) is -2.93. The first kappa shape index (κ1) is 11.4. The molecular formula is C11H13F3N2. The smallest absolute Gasteiger partial charge is 0.250 e. The molecule has 0 radical (unpaired) electrons. The number of hydrogen-bond acceptors (Lipinski definition) is 2. The maximum atomic E-state index is 13.3. The van der Waals surface area contributed by atoms with E-state index in [4.69, 9.17) is 0 Å². The lowest BCUT2D eigenvalue weighted by Crippen LogP contribution is -2.39. The minimum absolute atomic E-state index is 0.151. The molecule has 5 heteroatoms. The molecule has 16 heavy (non-hydrogen) atoms. The highest BCUT2D eigenvalue weighted by Gasteiger charge is 2.34. The predicted octanol–water partition coefficient (Wildman–Crippen LogP) is 2.45. The Morgan fingerprint density at radius 1 is 1.31 bits per heavy atom. The van der Waals surface area contributed by atoms with Gasteiger partial charge in [-0.2, -0.15) is 0 Å². The summed E-state index contributed by atoms with van der Waals surface area (Å²) in [6.07, 6.45) is 1.21. The maximum Gasteiger partial charge on any atom is 0.250 e. The van der Waals surface area contributed by atoms with Crippen LogP contribution in [-0.2, 0) is 6.54 Å². The van der Waals surface area contributed by atoms with Crippen molar-refractivity contribution in [1.82, 2.24) is 9.88 Å². The lowest BCUT2D eigenvalue weighted by molar-refractivity contribution is -0.0569. The molecule has 1 saturated heterocycles. The third-order valence-corrected chi connectivity index (χ3v) is 2.80. The van der Waals surface area contributed by atoms with Gasteiger partial charge in [-0.1, -0.05) is 0 Å². The van der Waals surface area contributed by atoms with Crippen LogP contribution >= 0.6 is 0 Å². The molecule has 0 spiro atoms. The van der Waals surface area contributed by atoms with Crippen molar-refractivity contribution in [2.45, 2.75) is 25.3 Å². The summed E-state index contributed by atoms with van der Waals surface area (Å²) < 4.78 is 39.0. The molecule has 1 fully saturated rings. The van der Waals surface area contributed by atoms with E-state index in [2.05, 4.69) is 4.98 Å². The van der Waals surface area contributed by atoms with Crippen LogP contribution in [0.25, 0.3) is 0 Å². The fourth-order valence-corrected chi connectivity index (χ4v) is 1.78. The summed E-state index contributed by atoms with van der Waals surface area (Å²) in [7, 11) is 0. The van der Waals surface area contributed by atoms with Gasteiger partial charge in [0.05, 0.1) is 5.69 Å². The Labute approximate surface area is 92.1 Å². The first-order valence-corrected chi connectivity index (χ1v) is 5.26. The fourth-order valence-electron chi connectivity index (χ4n) is 1.78. The zero-order valence-corrected chi connectivity index (χ0v) is 8.80. The van der Waals surface area contributed by atoms with E-state index in [0.717, 1.165) is 0 Å². The van der Waals surface area contributed by atoms with Crippen LogP contribution in [0.15, 0.2) is 18.3 Å². The monoisotopic (exact) mass is 230 g/mol.